The summed E-state index contributed by atoms with van der Waals surface area (Å²) in [5, 5.41) is 0. The lowest BCUT2D eigenvalue weighted by molar-refractivity contribution is 1.26. The summed E-state index contributed by atoms with van der Waals surface area (Å²) in [5.41, 5.74) is 4.91. The third-order valence-electron chi connectivity index (χ3n) is 0.167. The number of allylic oxidation sites excluding steroid dienone is 1. The first-order valence-corrected chi connectivity index (χ1v) is 2.21. The average Bonchev–Trinajstić information content (AvgIpc) is 1.69. The molecule has 7 heavy (non-hydrogen) atoms. The predicted octanol–water partition coefficient (Wildman–Crippen LogP) is 1.32. The summed E-state index contributed by atoms with van der Waals surface area (Å²) in [6, 6.07) is 0. The maximum atomic E-state index is 4.91. The molecular weight excluding hydrogens is 86.1 g/mol. The van der Waals surface area contributed by atoms with E-state index in [9.17, 15) is 0 Å². The molecular formula is C6H13N. The summed E-state index contributed by atoms with van der Waals surface area (Å²) in [5.74, 6) is 0. The molecule has 0 radical (unpaired) electrons. The van der Waals surface area contributed by atoms with E-state index >= 15 is 0 Å². The van der Waals surface area contributed by atoms with E-state index in [4.69, 9.17) is 5.73 Å². The maximum absolute atomic E-state index is 4.91. The van der Waals surface area contributed by atoms with Gasteiger partial charge in [-0.25, -0.2) is 0 Å². The summed E-state index contributed by atoms with van der Waals surface area (Å²) in [4.78, 5) is 0. The lowest BCUT2D eigenvalue weighted by atomic mass is 10.7. The van der Waals surface area contributed by atoms with Gasteiger partial charge in [-0.05, 0) is 6.92 Å². The van der Waals surface area contributed by atoms with Crippen molar-refractivity contribution in [3.8, 4) is 0 Å². The van der Waals surface area contributed by atoms with Gasteiger partial charge in [-0.1, -0.05) is 12.2 Å². The Balaban J connectivity index is 0. The lowest BCUT2D eigenvalue weighted by Gasteiger charge is -1.61. The fourth-order valence-electron chi connectivity index (χ4n) is 0. The second-order valence-electron chi connectivity index (χ2n) is 0.933. The number of rotatable bonds is 1. The molecule has 0 aliphatic heterocycles. The molecule has 0 bridgehead atoms. The molecule has 2 N–H and O–H groups in total. The summed E-state index contributed by atoms with van der Waals surface area (Å²) in [6.07, 6.45) is 3.40. The standard InChI is InChI=1S/C3H7N.C3H6/c1-2-3-4;1-3-2/h2H,1,3-4H2;3H,1H2,2H3. The smallest absolute Gasteiger partial charge is 0.0104 e. The SMILES string of the molecule is C=CC.C=CCN. The van der Waals surface area contributed by atoms with Crippen molar-refractivity contribution in [2.45, 2.75) is 6.92 Å². The highest BCUT2D eigenvalue weighted by atomic mass is 14.5. The molecule has 0 heterocycles. The molecule has 0 aliphatic carbocycles. The number of hydrogen-bond donors (Lipinski definition) is 1. The van der Waals surface area contributed by atoms with Gasteiger partial charge in [-0.3, -0.25) is 0 Å². The minimum absolute atomic E-state index is 0.583. The summed E-state index contributed by atoms with van der Waals surface area (Å²) in [6.45, 7) is 9.19. The van der Waals surface area contributed by atoms with Crippen LogP contribution < -0.4 is 5.73 Å². The van der Waals surface area contributed by atoms with Crippen LogP contribution in [0.3, 0.4) is 0 Å². The van der Waals surface area contributed by atoms with Crippen molar-refractivity contribution in [2.75, 3.05) is 6.54 Å². The molecule has 0 amide bonds. The fourth-order valence-corrected chi connectivity index (χ4v) is 0. The van der Waals surface area contributed by atoms with Crippen LogP contribution in [0.4, 0.5) is 0 Å². The molecule has 1 heteroatoms. The first kappa shape index (κ1) is 9.67. The average molecular weight is 99.2 g/mol. The zero-order chi connectivity index (χ0) is 6.12. The van der Waals surface area contributed by atoms with Crippen molar-refractivity contribution >= 4 is 0 Å². The zero-order valence-corrected chi connectivity index (χ0v) is 4.85. The number of hydrogen-bond acceptors (Lipinski definition) is 1. The van der Waals surface area contributed by atoms with Gasteiger partial charge < -0.3 is 5.73 Å². The Bertz CT molecular complexity index is 39.4. The van der Waals surface area contributed by atoms with Gasteiger partial charge in [0, 0.05) is 6.54 Å². The van der Waals surface area contributed by atoms with Crippen LogP contribution in [-0.4, -0.2) is 6.54 Å². The Labute approximate surface area is 45.5 Å². The predicted molar refractivity (Wildman–Crippen MR) is 35.1 cm³/mol. The van der Waals surface area contributed by atoms with E-state index in [2.05, 4.69) is 13.2 Å². The van der Waals surface area contributed by atoms with Crippen LogP contribution in [0.1, 0.15) is 6.92 Å². The Kier molecular flexibility index (Phi) is 24.9. The van der Waals surface area contributed by atoms with E-state index in [1.807, 2.05) is 6.92 Å². The van der Waals surface area contributed by atoms with Crippen molar-refractivity contribution in [1.82, 2.24) is 0 Å². The topological polar surface area (TPSA) is 26.0 Å². The van der Waals surface area contributed by atoms with Gasteiger partial charge >= 0.3 is 0 Å². The van der Waals surface area contributed by atoms with Gasteiger partial charge in [0.2, 0.25) is 0 Å². The molecule has 0 saturated carbocycles. The second-order valence-corrected chi connectivity index (χ2v) is 0.933. The van der Waals surface area contributed by atoms with E-state index in [1.165, 1.54) is 0 Å². The van der Waals surface area contributed by atoms with E-state index in [1.54, 1.807) is 12.2 Å². The van der Waals surface area contributed by atoms with Gasteiger partial charge in [0.25, 0.3) is 0 Å². The summed E-state index contributed by atoms with van der Waals surface area (Å²) < 4.78 is 0. The zero-order valence-electron chi connectivity index (χ0n) is 4.85. The molecule has 0 aliphatic rings. The third kappa shape index (κ3) is 333. The van der Waals surface area contributed by atoms with Crippen LogP contribution >= 0.6 is 0 Å². The highest BCUT2D eigenvalue weighted by Gasteiger charge is 1.43. The normalized spacial score (nSPS) is 5.43. The monoisotopic (exact) mass is 99.1 g/mol. The second kappa shape index (κ2) is 18.0. The molecule has 0 unspecified atom stereocenters. The largest absolute Gasteiger partial charge is 0.327 e. The van der Waals surface area contributed by atoms with Crippen LogP contribution in [0.15, 0.2) is 25.3 Å². The van der Waals surface area contributed by atoms with Crippen molar-refractivity contribution in [3.05, 3.63) is 25.3 Å². The van der Waals surface area contributed by atoms with E-state index in [-0.39, 0.29) is 0 Å². The Hall–Kier alpha value is -0.560. The van der Waals surface area contributed by atoms with Gasteiger partial charge in [0.15, 0.2) is 0 Å². The Morgan fingerprint density at radius 2 is 1.71 bits per heavy atom. The summed E-state index contributed by atoms with van der Waals surface area (Å²) in [7, 11) is 0. The van der Waals surface area contributed by atoms with Crippen molar-refractivity contribution in [1.29, 1.82) is 0 Å². The molecule has 0 aromatic carbocycles. The van der Waals surface area contributed by atoms with E-state index in [0.29, 0.717) is 6.54 Å². The first-order chi connectivity index (χ1) is 3.33. The molecule has 0 saturated heterocycles. The molecule has 0 spiro atoms. The molecule has 0 fully saturated rings. The minimum Gasteiger partial charge on any atom is -0.327 e. The van der Waals surface area contributed by atoms with Crippen LogP contribution in [0.2, 0.25) is 0 Å². The van der Waals surface area contributed by atoms with Gasteiger partial charge in [0.1, 0.15) is 0 Å². The first-order valence-electron chi connectivity index (χ1n) is 2.21. The molecule has 0 aromatic heterocycles. The van der Waals surface area contributed by atoms with Gasteiger partial charge in [-0.15, -0.1) is 13.2 Å². The van der Waals surface area contributed by atoms with E-state index in [0.717, 1.165) is 0 Å². The third-order valence-corrected chi connectivity index (χ3v) is 0.167. The molecule has 42 valence electrons. The fraction of sp³-hybridized carbons (Fsp3) is 0.333. The maximum Gasteiger partial charge on any atom is 0.0104 e. The Morgan fingerprint density at radius 3 is 1.71 bits per heavy atom. The van der Waals surface area contributed by atoms with Crippen LogP contribution in [-0.2, 0) is 0 Å². The number of nitrogens with two attached hydrogens (primary N) is 1. The Morgan fingerprint density at radius 1 is 1.57 bits per heavy atom. The van der Waals surface area contributed by atoms with Gasteiger partial charge in [0.05, 0.1) is 0 Å². The van der Waals surface area contributed by atoms with Crippen molar-refractivity contribution in [2.24, 2.45) is 5.73 Å². The molecule has 0 rings (SSSR count). The summed E-state index contributed by atoms with van der Waals surface area (Å²) >= 11 is 0. The van der Waals surface area contributed by atoms with Crippen LogP contribution in [0.5, 0.6) is 0 Å². The van der Waals surface area contributed by atoms with Gasteiger partial charge in [-0.2, -0.15) is 0 Å². The highest BCUT2D eigenvalue weighted by molar-refractivity contribution is 4.64. The lowest BCUT2D eigenvalue weighted by Crippen LogP contribution is -1.90. The van der Waals surface area contributed by atoms with Crippen molar-refractivity contribution in [3.63, 3.8) is 0 Å². The quantitative estimate of drug-likeness (QED) is 0.493. The minimum atomic E-state index is 0.583. The molecule has 0 aromatic rings. The van der Waals surface area contributed by atoms with Crippen LogP contribution in [0, 0.1) is 0 Å². The molecule has 1 nitrogen and oxygen atoms in total. The van der Waals surface area contributed by atoms with E-state index < -0.39 is 0 Å². The van der Waals surface area contributed by atoms with Crippen molar-refractivity contribution < 1.29 is 0 Å². The van der Waals surface area contributed by atoms with Crippen LogP contribution in [0.25, 0.3) is 0 Å². The highest BCUT2D eigenvalue weighted by Crippen LogP contribution is 1.40. The molecule has 0 atom stereocenters.